The van der Waals surface area contributed by atoms with Crippen LogP contribution in [0.4, 0.5) is 11.4 Å². The predicted octanol–water partition coefficient (Wildman–Crippen LogP) is 14.2. The summed E-state index contributed by atoms with van der Waals surface area (Å²) in [4.78, 5) is 13.0. The molecule has 47 heavy (non-hydrogen) atoms. The van der Waals surface area contributed by atoms with E-state index in [4.69, 9.17) is 9.47 Å². The first kappa shape index (κ1) is 38.5. The van der Waals surface area contributed by atoms with Gasteiger partial charge in [0.15, 0.2) is 0 Å². The fraction of sp³-hybridized carbons (Fsp3) is 0.537. The topological polar surface area (TPSA) is 60.2 Å². The van der Waals surface area contributed by atoms with Crippen molar-refractivity contribution in [2.24, 2.45) is 10.2 Å². The minimum absolute atomic E-state index is 0.195. The second-order valence-corrected chi connectivity index (χ2v) is 13.7. The molecular formula is C41H57BrN2O3. The number of nitrogens with zero attached hydrogens (tertiary/aromatic N) is 2. The van der Waals surface area contributed by atoms with Crippen molar-refractivity contribution in [2.75, 3.05) is 6.61 Å². The molecule has 0 fully saturated rings. The van der Waals surface area contributed by atoms with Gasteiger partial charge >= 0.3 is 5.97 Å². The molecule has 1 atom stereocenters. The molecule has 0 aliphatic heterocycles. The molecule has 0 bridgehead atoms. The molecular weight excluding hydrogens is 648 g/mol. The Morgan fingerprint density at radius 2 is 1.17 bits per heavy atom. The fourth-order valence-electron chi connectivity index (χ4n) is 5.61. The Morgan fingerprint density at radius 3 is 1.72 bits per heavy atom. The molecule has 0 saturated heterocycles. The molecule has 0 saturated carbocycles. The summed E-state index contributed by atoms with van der Waals surface area (Å²) in [5.41, 5.74) is 2.92. The fourth-order valence-corrected chi connectivity index (χ4v) is 5.87. The number of halogens is 1. The van der Waals surface area contributed by atoms with Crippen LogP contribution in [0.15, 0.2) is 81.4 Å². The lowest BCUT2D eigenvalue weighted by Gasteiger charge is -2.15. The largest absolute Gasteiger partial charge is 0.494 e. The van der Waals surface area contributed by atoms with Gasteiger partial charge in [0.25, 0.3) is 0 Å². The highest BCUT2D eigenvalue weighted by Crippen LogP contribution is 2.34. The summed E-state index contributed by atoms with van der Waals surface area (Å²) in [5, 5.41) is 8.74. The minimum atomic E-state index is -0.386. The normalized spacial score (nSPS) is 12.0. The number of hydrogen-bond acceptors (Lipinski definition) is 5. The van der Waals surface area contributed by atoms with Crippen molar-refractivity contribution in [1.29, 1.82) is 0 Å². The van der Waals surface area contributed by atoms with Crippen molar-refractivity contribution >= 4 is 33.3 Å². The maximum Gasteiger partial charge on any atom is 0.343 e. The van der Waals surface area contributed by atoms with Crippen molar-refractivity contribution in [1.82, 2.24) is 0 Å². The Kier molecular flexibility index (Phi) is 19.1. The van der Waals surface area contributed by atoms with Gasteiger partial charge in [0.05, 0.1) is 23.5 Å². The van der Waals surface area contributed by atoms with Crippen molar-refractivity contribution in [3.8, 4) is 11.5 Å². The molecule has 0 aliphatic carbocycles. The lowest BCUT2D eigenvalue weighted by Crippen LogP contribution is -2.10. The number of rotatable bonds is 24. The molecule has 0 amide bonds. The van der Waals surface area contributed by atoms with Crippen LogP contribution in [-0.2, 0) is 0 Å². The van der Waals surface area contributed by atoms with Crippen LogP contribution in [0.2, 0.25) is 0 Å². The molecule has 0 N–H and O–H groups in total. The molecule has 3 aromatic rings. The summed E-state index contributed by atoms with van der Waals surface area (Å²) in [7, 11) is 0. The zero-order chi connectivity index (χ0) is 33.5. The maximum atomic E-state index is 13.0. The highest BCUT2D eigenvalue weighted by atomic mass is 79.9. The van der Waals surface area contributed by atoms with Gasteiger partial charge in [0.1, 0.15) is 11.5 Å². The summed E-state index contributed by atoms with van der Waals surface area (Å²) in [5.74, 6) is 1.14. The lowest BCUT2D eigenvalue weighted by atomic mass is 9.97. The summed E-state index contributed by atoms with van der Waals surface area (Å²) in [6, 6.07) is 20.5. The van der Waals surface area contributed by atoms with E-state index in [1.807, 2.05) is 54.6 Å². The zero-order valence-corrected chi connectivity index (χ0v) is 30.7. The van der Waals surface area contributed by atoms with Crippen LogP contribution in [0.3, 0.4) is 0 Å². The molecule has 6 heteroatoms. The van der Waals surface area contributed by atoms with Gasteiger partial charge < -0.3 is 9.47 Å². The van der Waals surface area contributed by atoms with Crippen molar-refractivity contribution < 1.29 is 14.3 Å². The van der Waals surface area contributed by atoms with E-state index in [1.54, 1.807) is 12.1 Å². The number of carbonyl (C=O) groups excluding carboxylic acids is 1. The van der Waals surface area contributed by atoms with E-state index >= 15 is 0 Å². The van der Waals surface area contributed by atoms with Gasteiger partial charge in [-0.2, -0.15) is 10.2 Å². The van der Waals surface area contributed by atoms with Crippen LogP contribution < -0.4 is 9.47 Å². The molecule has 256 valence electrons. The molecule has 1 unspecified atom stereocenters. The Hall–Kier alpha value is -2.99. The Morgan fingerprint density at radius 1 is 0.660 bits per heavy atom. The van der Waals surface area contributed by atoms with Gasteiger partial charge in [0.2, 0.25) is 0 Å². The third-order valence-corrected chi connectivity index (χ3v) is 9.33. The third kappa shape index (κ3) is 15.6. The number of azo groups is 1. The summed E-state index contributed by atoms with van der Waals surface area (Å²) < 4.78 is 12.8. The van der Waals surface area contributed by atoms with Crippen molar-refractivity contribution in [3.05, 3.63) is 82.3 Å². The quantitative estimate of drug-likeness (QED) is 0.0403. The van der Waals surface area contributed by atoms with Gasteiger partial charge in [-0.25, -0.2) is 4.79 Å². The van der Waals surface area contributed by atoms with Gasteiger partial charge in [-0.05, 0) is 91.1 Å². The van der Waals surface area contributed by atoms with Gasteiger partial charge in [-0.1, -0.05) is 133 Å². The first-order chi connectivity index (χ1) is 23.0. The van der Waals surface area contributed by atoms with E-state index in [-0.39, 0.29) is 11.9 Å². The number of carbonyl (C=O) groups is 1. The highest BCUT2D eigenvalue weighted by molar-refractivity contribution is 9.10. The molecule has 3 rings (SSSR count). The van der Waals surface area contributed by atoms with E-state index in [2.05, 4.69) is 46.9 Å². The monoisotopic (exact) mass is 704 g/mol. The van der Waals surface area contributed by atoms with E-state index in [1.165, 1.54) is 96.3 Å². The Labute approximate surface area is 293 Å². The van der Waals surface area contributed by atoms with Crippen LogP contribution >= 0.6 is 15.9 Å². The summed E-state index contributed by atoms with van der Waals surface area (Å²) in [6.07, 6.45) is 22.6. The van der Waals surface area contributed by atoms with Gasteiger partial charge in [0, 0.05) is 4.47 Å². The van der Waals surface area contributed by atoms with Crippen LogP contribution in [-0.4, -0.2) is 12.6 Å². The predicted molar refractivity (Wildman–Crippen MR) is 200 cm³/mol. The third-order valence-electron chi connectivity index (χ3n) is 8.80. The Balaban J connectivity index is 1.31. The molecule has 0 heterocycles. The van der Waals surface area contributed by atoms with Crippen LogP contribution in [0.25, 0.3) is 0 Å². The minimum Gasteiger partial charge on any atom is -0.494 e. The van der Waals surface area contributed by atoms with Crippen LogP contribution in [0, 0.1) is 0 Å². The molecule has 0 spiro atoms. The first-order valence-corrected chi connectivity index (χ1v) is 19.1. The molecule has 0 aromatic heterocycles. The average molecular weight is 706 g/mol. The smallest absolute Gasteiger partial charge is 0.343 e. The molecule has 5 nitrogen and oxygen atoms in total. The lowest BCUT2D eigenvalue weighted by molar-refractivity contribution is 0.0732. The SMILES string of the molecule is CCCCCCCCCCCCCCCCCCOc1ccc(C(=O)Oc2ccc(N=Nc3ccc(Br)cc3)cc2C(C)CC)cc1. The molecule has 0 aliphatic rings. The first-order valence-electron chi connectivity index (χ1n) is 18.3. The standard InChI is InChI=1S/C41H57BrN2O3/c1-4-6-7-8-9-10-11-12-13-14-15-16-17-18-19-20-31-46-38-28-21-34(22-29-38)41(45)47-40-30-27-37(32-39(40)33(3)5-2)44-43-36-25-23-35(42)24-26-36/h21-30,32-33H,4-20,31H2,1-3H3. The van der Waals surface area contributed by atoms with E-state index in [9.17, 15) is 4.79 Å². The molecule has 0 radical (unpaired) electrons. The van der Waals surface area contributed by atoms with E-state index in [0.29, 0.717) is 23.6 Å². The van der Waals surface area contributed by atoms with E-state index in [0.717, 1.165) is 34.3 Å². The van der Waals surface area contributed by atoms with Gasteiger partial charge in [-0.3, -0.25) is 0 Å². The number of hydrogen-bond donors (Lipinski definition) is 0. The number of unbranched alkanes of at least 4 members (excludes halogenated alkanes) is 15. The van der Waals surface area contributed by atoms with Crippen LogP contribution in [0.1, 0.15) is 152 Å². The average Bonchev–Trinajstić information content (AvgIpc) is 3.09. The summed E-state index contributed by atoms with van der Waals surface area (Å²) >= 11 is 3.44. The number of ether oxygens (including phenoxy) is 2. The zero-order valence-electron chi connectivity index (χ0n) is 29.2. The maximum absolute atomic E-state index is 13.0. The molecule has 3 aromatic carbocycles. The van der Waals surface area contributed by atoms with Crippen molar-refractivity contribution in [2.45, 2.75) is 136 Å². The number of benzene rings is 3. The second-order valence-electron chi connectivity index (χ2n) is 12.8. The number of esters is 1. The highest BCUT2D eigenvalue weighted by Gasteiger charge is 2.16. The second kappa shape index (κ2) is 23.4. The summed E-state index contributed by atoms with van der Waals surface area (Å²) in [6.45, 7) is 7.22. The van der Waals surface area contributed by atoms with Crippen molar-refractivity contribution in [3.63, 3.8) is 0 Å². The van der Waals surface area contributed by atoms with Gasteiger partial charge in [-0.15, -0.1) is 0 Å². The van der Waals surface area contributed by atoms with Crippen LogP contribution in [0.5, 0.6) is 11.5 Å². The van der Waals surface area contributed by atoms with E-state index < -0.39 is 0 Å². The Bertz CT molecular complexity index is 1310.